The third-order valence-corrected chi connectivity index (χ3v) is 12.1. The topological polar surface area (TPSA) is 52.8 Å². The van der Waals surface area contributed by atoms with Crippen LogP contribution in [0, 0.1) is 45.3 Å². The van der Waals surface area contributed by atoms with Crippen molar-refractivity contribution in [1.29, 1.82) is 0 Å². The maximum absolute atomic E-state index is 10.8. The van der Waals surface area contributed by atoms with E-state index in [9.17, 15) is 10.3 Å². The van der Waals surface area contributed by atoms with E-state index in [0.717, 1.165) is 37.3 Å². The lowest BCUT2D eigenvalue weighted by molar-refractivity contribution is -0.0962. The van der Waals surface area contributed by atoms with Crippen molar-refractivity contribution < 1.29 is 10.3 Å². The van der Waals surface area contributed by atoms with Crippen LogP contribution in [0.5, 0.6) is 0 Å². The quantitative estimate of drug-likeness (QED) is 0.190. The molecular weight excluding hydrogens is 406 g/mol. The van der Waals surface area contributed by atoms with Gasteiger partial charge in [-0.05, 0) is 110 Å². The van der Waals surface area contributed by atoms with Gasteiger partial charge in [-0.15, -0.1) is 0 Å². The third kappa shape index (κ3) is 3.57. The fourth-order valence-corrected chi connectivity index (χ4v) is 9.66. The summed E-state index contributed by atoms with van der Waals surface area (Å²) in [5, 5.41) is 23.9. The number of rotatable bonds is 5. The Morgan fingerprint density at radius 3 is 2.27 bits per heavy atom. The highest BCUT2D eigenvalue weighted by Gasteiger charge is 2.63. The second-order valence-electron chi connectivity index (χ2n) is 14.0. The molecule has 7 atom stereocenters. The van der Waals surface area contributed by atoms with Crippen molar-refractivity contribution in [1.82, 2.24) is 0 Å². The van der Waals surface area contributed by atoms with E-state index >= 15 is 0 Å². The summed E-state index contributed by atoms with van der Waals surface area (Å²) in [6.45, 7) is 19.2. The van der Waals surface area contributed by atoms with Crippen LogP contribution in [0.4, 0.5) is 0 Å². The van der Waals surface area contributed by atoms with E-state index in [1.54, 1.807) is 5.57 Å². The number of oxime groups is 1. The van der Waals surface area contributed by atoms with Gasteiger partial charge >= 0.3 is 0 Å². The van der Waals surface area contributed by atoms with Crippen molar-refractivity contribution in [2.45, 2.75) is 126 Å². The number of allylic oxidation sites excluding steroid dienone is 2. The fraction of sp³-hybridized carbons (Fsp3) is 0.900. The van der Waals surface area contributed by atoms with Gasteiger partial charge in [-0.25, -0.2) is 0 Å². The number of aliphatic hydroxyl groups excluding tert-OH is 1. The zero-order chi connectivity index (χ0) is 24.4. The molecule has 4 aliphatic rings. The van der Waals surface area contributed by atoms with Crippen LogP contribution in [-0.4, -0.2) is 22.1 Å². The molecule has 2 saturated carbocycles. The van der Waals surface area contributed by atoms with Crippen LogP contribution < -0.4 is 0 Å². The maximum atomic E-state index is 10.8. The zero-order valence-electron chi connectivity index (χ0n) is 22.8. The van der Waals surface area contributed by atoms with Crippen LogP contribution in [0.15, 0.2) is 16.3 Å². The van der Waals surface area contributed by atoms with E-state index in [2.05, 4.69) is 60.5 Å². The standard InChI is InChI=1S/C30H51NO2/c1-19(2)24(31-33)11-9-20(3)21-13-17-30(8)23-10-12-25-27(4,5)26(32)15-16-28(25,6)22(23)14-18-29(21,30)7/h19-21,25-26,32-33H,9-18H2,1-8H3/b31-24-/t20-,21-,25+,26+,28-,29-,30+/m1/s1. The molecule has 0 aromatic rings. The number of nitrogens with zero attached hydrogens (tertiary/aromatic N) is 1. The van der Waals surface area contributed by atoms with Crippen molar-refractivity contribution in [2.24, 2.45) is 50.5 Å². The summed E-state index contributed by atoms with van der Waals surface area (Å²) in [7, 11) is 0. The SMILES string of the molecule is CC(C)/C(CC[C@@H](C)[C@H]1CC[C@@]2(C)C3=C(CC[C@]12C)[C@@]1(C)CC[C@H](O)C(C)(C)[C@@H]1CC3)=N\O. The molecule has 0 aliphatic heterocycles. The Morgan fingerprint density at radius 1 is 0.939 bits per heavy atom. The molecular formula is C30H51NO2. The number of aliphatic hydroxyl groups is 1. The molecule has 2 N–H and O–H groups in total. The van der Waals surface area contributed by atoms with E-state index in [-0.39, 0.29) is 16.9 Å². The average Bonchev–Trinajstić information content (AvgIpc) is 3.03. The molecule has 2 fully saturated rings. The monoisotopic (exact) mass is 457 g/mol. The highest BCUT2D eigenvalue weighted by Crippen LogP contribution is 2.72. The lowest BCUT2D eigenvalue weighted by Gasteiger charge is -2.62. The van der Waals surface area contributed by atoms with E-state index in [1.807, 2.05) is 5.57 Å². The van der Waals surface area contributed by atoms with Gasteiger partial charge in [0, 0.05) is 0 Å². The molecule has 0 bridgehead atoms. The number of hydrogen-bond donors (Lipinski definition) is 2. The lowest BCUT2D eigenvalue weighted by Crippen LogP contribution is -2.55. The molecule has 0 aromatic carbocycles. The van der Waals surface area contributed by atoms with Gasteiger partial charge in [0.15, 0.2) is 0 Å². The van der Waals surface area contributed by atoms with Crippen molar-refractivity contribution in [3.05, 3.63) is 11.1 Å². The Labute approximate surface area is 203 Å². The second-order valence-corrected chi connectivity index (χ2v) is 14.0. The Bertz CT molecular complexity index is 825. The van der Waals surface area contributed by atoms with Gasteiger partial charge < -0.3 is 10.3 Å². The highest BCUT2D eigenvalue weighted by molar-refractivity contribution is 5.85. The van der Waals surface area contributed by atoms with Crippen LogP contribution in [-0.2, 0) is 0 Å². The van der Waals surface area contributed by atoms with Gasteiger partial charge in [0.05, 0.1) is 11.8 Å². The van der Waals surface area contributed by atoms with Crippen LogP contribution in [0.2, 0.25) is 0 Å². The van der Waals surface area contributed by atoms with E-state index in [1.165, 1.54) is 38.5 Å². The van der Waals surface area contributed by atoms with Gasteiger partial charge in [-0.3, -0.25) is 0 Å². The average molecular weight is 458 g/mol. The molecule has 0 amide bonds. The van der Waals surface area contributed by atoms with Crippen molar-refractivity contribution in [2.75, 3.05) is 0 Å². The zero-order valence-corrected chi connectivity index (χ0v) is 22.8. The summed E-state index contributed by atoms with van der Waals surface area (Å²) in [6, 6.07) is 0. The van der Waals surface area contributed by atoms with E-state index < -0.39 is 0 Å². The molecule has 0 spiro atoms. The third-order valence-electron chi connectivity index (χ3n) is 12.1. The molecule has 0 aromatic heterocycles. The van der Waals surface area contributed by atoms with Gasteiger partial charge in [0.2, 0.25) is 0 Å². The summed E-state index contributed by atoms with van der Waals surface area (Å²) in [5.74, 6) is 2.33. The minimum atomic E-state index is -0.155. The molecule has 33 heavy (non-hydrogen) atoms. The van der Waals surface area contributed by atoms with E-state index in [4.69, 9.17) is 0 Å². The first kappa shape index (κ1) is 25.3. The molecule has 0 unspecified atom stereocenters. The first-order valence-electron chi connectivity index (χ1n) is 13.9. The predicted octanol–water partition coefficient (Wildman–Crippen LogP) is 8.00. The molecule has 0 heterocycles. The molecule has 3 heteroatoms. The van der Waals surface area contributed by atoms with Crippen LogP contribution in [0.3, 0.4) is 0 Å². The van der Waals surface area contributed by atoms with Gasteiger partial charge in [-0.2, -0.15) is 0 Å². The van der Waals surface area contributed by atoms with Crippen molar-refractivity contribution in [3.8, 4) is 0 Å². The summed E-state index contributed by atoms with van der Waals surface area (Å²) in [6.07, 6.45) is 11.7. The summed E-state index contributed by atoms with van der Waals surface area (Å²) in [4.78, 5) is 0. The van der Waals surface area contributed by atoms with E-state index in [0.29, 0.717) is 28.6 Å². The summed E-state index contributed by atoms with van der Waals surface area (Å²) < 4.78 is 0. The van der Waals surface area contributed by atoms with Crippen molar-refractivity contribution in [3.63, 3.8) is 0 Å². The van der Waals surface area contributed by atoms with Crippen molar-refractivity contribution >= 4 is 5.71 Å². The molecule has 4 rings (SSSR count). The Hall–Kier alpha value is -0.830. The highest BCUT2D eigenvalue weighted by atomic mass is 16.4. The minimum absolute atomic E-state index is 0.0162. The molecule has 4 aliphatic carbocycles. The predicted molar refractivity (Wildman–Crippen MR) is 138 cm³/mol. The minimum Gasteiger partial charge on any atom is -0.411 e. The smallest absolute Gasteiger partial charge is 0.0596 e. The Balaban J connectivity index is 1.61. The van der Waals surface area contributed by atoms with Gasteiger partial charge in [-0.1, -0.05) is 71.7 Å². The molecule has 3 nitrogen and oxygen atoms in total. The second kappa shape index (κ2) is 8.38. The molecule has 0 radical (unpaired) electrons. The normalized spacial score (nSPS) is 43.8. The number of fused-ring (bicyclic) bond motifs is 4. The first-order valence-corrected chi connectivity index (χ1v) is 13.9. The summed E-state index contributed by atoms with van der Waals surface area (Å²) in [5.41, 5.74) is 5.57. The van der Waals surface area contributed by atoms with Crippen LogP contribution in [0.1, 0.15) is 120 Å². The van der Waals surface area contributed by atoms with Crippen LogP contribution >= 0.6 is 0 Å². The maximum Gasteiger partial charge on any atom is 0.0596 e. The van der Waals surface area contributed by atoms with Gasteiger partial charge in [0.1, 0.15) is 0 Å². The number of hydrogen-bond acceptors (Lipinski definition) is 3. The Kier molecular flexibility index (Phi) is 6.42. The Morgan fingerprint density at radius 2 is 1.64 bits per heavy atom. The summed E-state index contributed by atoms with van der Waals surface area (Å²) >= 11 is 0. The molecule has 0 saturated heterocycles. The lowest BCUT2D eigenvalue weighted by atomic mass is 9.43. The fourth-order valence-electron chi connectivity index (χ4n) is 9.66. The first-order chi connectivity index (χ1) is 15.3. The van der Waals surface area contributed by atoms with Crippen LogP contribution in [0.25, 0.3) is 0 Å². The molecule has 188 valence electrons. The van der Waals surface area contributed by atoms with Gasteiger partial charge in [0.25, 0.3) is 0 Å². The largest absolute Gasteiger partial charge is 0.411 e.